The second kappa shape index (κ2) is 5.66. The van der Waals surface area contributed by atoms with Crippen molar-refractivity contribution in [2.75, 3.05) is 0 Å². The summed E-state index contributed by atoms with van der Waals surface area (Å²) in [5.74, 6) is -1.58. The summed E-state index contributed by atoms with van der Waals surface area (Å²) in [5.41, 5.74) is -1.58. The van der Waals surface area contributed by atoms with E-state index >= 15 is 0 Å². The van der Waals surface area contributed by atoms with Crippen molar-refractivity contribution in [2.24, 2.45) is 0 Å². The molecule has 1 aromatic heterocycles. The number of carbonyl (C=O) groups excluding carboxylic acids is 1. The minimum Gasteiger partial charge on any atom is -0.480 e. The zero-order valence-corrected chi connectivity index (χ0v) is 11.5. The van der Waals surface area contributed by atoms with Gasteiger partial charge in [-0.2, -0.15) is 0 Å². The summed E-state index contributed by atoms with van der Waals surface area (Å²) in [6, 6.07) is 1.23. The van der Waals surface area contributed by atoms with Crippen LogP contribution in [0.3, 0.4) is 0 Å². The number of carboxylic acid groups (broad SMARTS) is 1. The molecule has 7 heteroatoms. The van der Waals surface area contributed by atoms with Gasteiger partial charge in [0.1, 0.15) is 10.6 Å². The van der Waals surface area contributed by atoms with Crippen LogP contribution in [0.4, 0.5) is 0 Å². The highest BCUT2D eigenvalue weighted by atomic mass is 35.5. The van der Waals surface area contributed by atoms with Gasteiger partial charge in [-0.15, -0.1) is 0 Å². The van der Waals surface area contributed by atoms with E-state index in [0.29, 0.717) is 12.8 Å². The number of carboxylic acids is 1. The molecule has 108 valence electrons. The molecule has 3 N–H and O–H groups in total. The van der Waals surface area contributed by atoms with Gasteiger partial charge in [-0.05, 0) is 18.9 Å². The quantitative estimate of drug-likeness (QED) is 0.788. The van der Waals surface area contributed by atoms with Crippen LogP contribution in [0, 0.1) is 0 Å². The highest BCUT2D eigenvalue weighted by molar-refractivity contribution is 6.30. The zero-order valence-electron chi connectivity index (χ0n) is 10.7. The van der Waals surface area contributed by atoms with E-state index in [0.717, 1.165) is 19.3 Å². The highest BCUT2D eigenvalue weighted by Gasteiger charge is 2.41. The van der Waals surface area contributed by atoms with Crippen molar-refractivity contribution in [1.82, 2.24) is 10.3 Å². The van der Waals surface area contributed by atoms with E-state index in [1.54, 1.807) is 0 Å². The number of aromatic nitrogens is 1. The molecule has 0 radical (unpaired) electrons. The normalized spacial score (nSPS) is 17.4. The lowest BCUT2D eigenvalue weighted by Crippen LogP contribution is -2.55. The third-order valence-corrected chi connectivity index (χ3v) is 3.87. The predicted octanol–water partition coefficient (Wildman–Crippen LogP) is 1.55. The molecule has 0 aliphatic heterocycles. The first-order valence-electron chi connectivity index (χ1n) is 6.39. The van der Waals surface area contributed by atoms with E-state index in [2.05, 4.69) is 10.3 Å². The summed E-state index contributed by atoms with van der Waals surface area (Å²) in [4.78, 5) is 37.1. The van der Waals surface area contributed by atoms with Crippen LogP contribution in [0.5, 0.6) is 0 Å². The van der Waals surface area contributed by atoms with E-state index in [1.807, 2.05) is 0 Å². The fourth-order valence-corrected chi connectivity index (χ4v) is 2.60. The Bertz CT molecular complexity index is 590. The number of amides is 1. The van der Waals surface area contributed by atoms with Crippen molar-refractivity contribution in [3.8, 4) is 0 Å². The van der Waals surface area contributed by atoms with E-state index in [4.69, 9.17) is 11.6 Å². The fourth-order valence-electron chi connectivity index (χ4n) is 2.42. The van der Waals surface area contributed by atoms with Crippen molar-refractivity contribution in [2.45, 2.75) is 37.6 Å². The zero-order chi connectivity index (χ0) is 14.8. The second-order valence-corrected chi connectivity index (χ2v) is 5.37. The molecule has 0 unspecified atom stereocenters. The van der Waals surface area contributed by atoms with Crippen LogP contribution in [0.25, 0.3) is 0 Å². The Balaban J connectivity index is 2.22. The molecule has 1 saturated carbocycles. The number of H-pyrrole nitrogens is 1. The maximum Gasteiger partial charge on any atom is 0.329 e. The van der Waals surface area contributed by atoms with Crippen molar-refractivity contribution in [3.05, 3.63) is 33.2 Å². The average Bonchev–Trinajstić information content (AvgIpc) is 2.42. The third-order valence-electron chi connectivity index (χ3n) is 3.59. The van der Waals surface area contributed by atoms with Gasteiger partial charge in [-0.25, -0.2) is 4.79 Å². The number of hydrogen-bond acceptors (Lipinski definition) is 3. The molecule has 0 saturated heterocycles. The van der Waals surface area contributed by atoms with E-state index in [1.165, 1.54) is 12.3 Å². The number of pyridine rings is 1. The Hall–Kier alpha value is -1.82. The summed E-state index contributed by atoms with van der Waals surface area (Å²) >= 11 is 5.66. The van der Waals surface area contributed by atoms with Crippen LogP contribution in [-0.4, -0.2) is 27.5 Å². The van der Waals surface area contributed by atoms with Crippen LogP contribution in [0.2, 0.25) is 5.02 Å². The summed E-state index contributed by atoms with van der Waals surface area (Å²) in [6.07, 6.45) is 4.53. The SMILES string of the molecule is O=C(NC1(C(=O)O)CCCCC1)c1c[nH]c(=O)c(Cl)c1. The van der Waals surface area contributed by atoms with Gasteiger partial charge >= 0.3 is 5.97 Å². The largest absolute Gasteiger partial charge is 0.480 e. The van der Waals surface area contributed by atoms with Crippen molar-refractivity contribution in [1.29, 1.82) is 0 Å². The highest BCUT2D eigenvalue weighted by Crippen LogP contribution is 2.28. The standard InChI is InChI=1S/C13H15ClN2O4/c14-9-6-8(7-15-11(9)18)10(17)16-13(12(19)20)4-2-1-3-5-13/h6-7H,1-5H2,(H,15,18)(H,16,17)(H,19,20). The van der Waals surface area contributed by atoms with Crippen LogP contribution < -0.4 is 10.9 Å². The predicted molar refractivity (Wildman–Crippen MR) is 73.0 cm³/mol. The maximum atomic E-state index is 12.1. The van der Waals surface area contributed by atoms with Crippen molar-refractivity contribution < 1.29 is 14.7 Å². The molecule has 1 aliphatic carbocycles. The van der Waals surface area contributed by atoms with Crippen LogP contribution >= 0.6 is 11.6 Å². The van der Waals surface area contributed by atoms with Gasteiger partial charge in [-0.3, -0.25) is 9.59 Å². The first-order valence-corrected chi connectivity index (χ1v) is 6.76. The monoisotopic (exact) mass is 298 g/mol. The third kappa shape index (κ3) is 2.85. The lowest BCUT2D eigenvalue weighted by atomic mass is 9.81. The Labute approximate surface area is 120 Å². The lowest BCUT2D eigenvalue weighted by Gasteiger charge is -2.33. The van der Waals surface area contributed by atoms with Gasteiger partial charge in [0.2, 0.25) is 0 Å². The minimum absolute atomic E-state index is 0.106. The number of hydrogen-bond donors (Lipinski definition) is 3. The second-order valence-electron chi connectivity index (χ2n) is 4.97. The molecule has 20 heavy (non-hydrogen) atoms. The summed E-state index contributed by atoms with van der Waals surface area (Å²) in [5, 5.41) is 11.9. The van der Waals surface area contributed by atoms with Gasteiger partial charge in [0.15, 0.2) is 0 Å². The molecule has 0 atom stereocenters. The van der Waals surface area contributed by atoms with E-state index in [9.17, 15) is 19.5 Å². The lowest BCUT2D eigenvalue weighted by molar-refractivity contribution is -0.145. The first kappa shape index (κ1) is 14.6. The molecular weight excluding hydrogens is 284 g/mol. The Kier molecular flexibility index (Phi) is 4.13. The Morgan fingerprint density at radius 3 is 2.50 bits per heavy atom. The van der Waals surface area contributed by atoms with E-state index < -0.39 is 23.0 Å². The Morgan fingerprint density at radius 2 is 1.95 bits per heavy atom. The number of nitrogens with one attached hydrogen (secondary N) is 2. The van der Waals surface area contributed by atoms with Crippen molar-refractivity contribution in [3.63, 3.8) is 0 Å². The smallest absolute Gasteiger partial charge is 0.329 e. The van der Waals surface area contributed by atoms with Gasteiger partial charge in [0.25, 0.3) is 11.5 Å². The average molecular weight is 299 g/mol. The topological polar surface area (TPSA) is 99.3 Å². The Morgan fingerprint density at radius 1 is 1.30 bits per heavy atom. The van der Waals surface area contributed by atoms with Gasteiger partial charge in [-0.1, -0.05) is 30.9 Å². The van der Waals surface area contributed by atoms with Crippen molar-refractivity contribution >= 4 is 23.5 Å². The number of aromatic amines is 1. The summed E-state index contributed by atoms with van der Waals surface area (Å²) in [7, 11) is 0. The maximum absolute atomic E-state index is 12.1. The van der Waals surface area contributed by atoms with Gasteiger partial charge < -0.3 is 15.4 Å². The van der Waals surface area contributed by atoms with Crippen LogP contribution in [-0.2, 0) is 4.79 Å². The number of carbonyl (C=O) groups is 2. The molecule has 2 rings (SSSR count). The molecule has 0 aromatic carbocycles. The van der Waals surface area contributed by atoms with Gasteiger partial charge in [0, 0.05) is 6.20 Å². The number of halogens is 1. The molecular formula is C13H15ClN2O4. The molecule has 1 fully saturated rings. The number of rotatable bonds is 3. The first-order chi connectivity index (χ1) is 9.44. The number of aliphatic carboxylic acids is 1. The molecule has 1 aliphatic rings. The molecule has 0 bridgehead atoms. The van der Waals surface area contributed by atoms with Crippen LogP contribution in [0.1, 0.15) is 42.5 Å². The molecule has 1 aromatic rings. The van der Waals surface area contributed by atoms with Gasteiger partial charge in [0.05, 0.1) is 5.56 Å². The summed E-state index contributed by atoms with van der Waals surface area (Å²) < 4.78 is 0. The van der Waals surface area contributed by atoms with Crippen LogP contribution in [0.15, 0.2) is 17.1 Å². The molecule has 1 heterocycles. The molecule has 0 spiro atoms. The minimum atomic E-state index is -1.22. The fraction of sp³-hybridized carbons (Fsp3) is 0.462. The molecule has 6 nitrogen and oxygen atoms in total. The van der Waals surface area contributed by atoms with E-state index in [-0.39, 0.29) is 10.6 Å². The molecule has 1 amide bonds. The summed E-state index contributed by atoms with van der Waals surface area (Å²) in [6.45, 7) is 0.